The fourth-order valence-corrected chi connectivity index (χ4v) is 5.08. The first-order valence-electron chi connectivity index (χ1n) is 11.1. The minimum Gasteiger partial charge on any atom is -0.426 e. The van der Waals surface area contributed by atoms with Gasteiger partial charge in [-0.15, -0.1) is 12.4 Å². The van der Waals surface area contributed by atoms with Gasteiger partial charge < -0.3 is 30.7 Å². The molecule has 10 heteroatoms. The summed E-state index contributed by atoms with van der Waals surface area (Å²) in [7, 11) is 1.86. The summed E-state index contributed by atoms with van der Waals surface area (Å²) in [5, 5.41) is 29.4. The third-order valence-electron chi connectivity index (χ3n) is 7.47. The molecule has 8 nitrogen and oxygen atoms in total. The van der Waals surface area contributed by atoms with Crippen LogP contribution in [0.3, 0.4) is 0 Å². The first-order chi connectivity index (χ1) is 14.7. The first-order valence-corrected chi connectivity index (χ1v) is 11.1. The number of halogens is 1. The smallest absolute Gasteiger partial charge is 0.426 e. The van der Waals surface area contributed by atoms with Crippen molar-refractivity contribution in [2.24, 2.45) is 5.73 Å². The standard InChI is InChI=1S/C22H35BN4O4.ClH/c1-27(20(24)25)15-3-4-18(23(29)30)26-19(28)16-5-7-17(8-6-16)21-9-12-22(31-2,13-10-21)14-11-21;/h5-8,18,29-30H,3-4,9-15H2,1-2H3,(H3,24,25)(H,26,28);1H/t18-,21?,22?;/m0./s1. The predicted octanol–water partition coefficient (Wildman–Crippen LogP) is 1.82. The van der Waals surface area contributed by atoms with Crippen molar-refractivity contribution in [2.75, 3.05) is 20.7 Å². The molecule has 3 aliphatic carbocycles. The number of methoxy groups -OCH3 is 1. The van der Waals surface area contributed by atoms with Gasteiger partial charge in [0.05, 0.1) is 11.5 Å². The summed E-state index contributed by atoms with van der Waals surface area (Å²) in [4.78, 5) is 14.2. The maximum atomic E-state index is 12.7. The van der Waals surface area contributed by atoms with E-state index in [4.69, 9.17) is 15.9 Å². The lowest BCUT2D eigenvalue weighted by Crippen LogP contribution is -2.49. The lowest BCUT2D eigenvalue weighted by molar-refractivity contribution is -0.0955. The van der Waals surface area contributed by atoms with Crippen LogP contribution in [0.5, 0.6) is 0 Å². The largest absolute Gasteiger partial charge is 0.475 e. The summed E-state index contributed by atoms with van der Waals surface area (Å²) in [5.41, 5.74) is 7.44. The molecule has 1 aromatic carbocycles. The number of amides is 1. The highest BCUT2D eigenvalue weighted by Crippen LogP contribution is 2.54. The molecule has 0 unspecified atom stereocenters. The van der Waals surface area contributed by atoms with Crippen LogP contribution in [0.4, 0.5) is 0 Å². The fourth-order valence-electron chi connectivity index (χ4n) is 5.08. The number of hydrogen-bond acceptors (Lipinski definition) is 5. The minimum absolute atomic E-state index is 0. The Morgan fingerprint density at radius 2 is 1.78 bits per heavy atom. The van der Waals surface area contributed by atoms with Crippen LogP contribution in [0.15, 0.2) is 24.3 Å². The van der Waals surface area contributed by atoms with Gasteiger partial charge in [0.15, 0.2) is 5.96 Å². The number of carbonyl (C=O) groups is 1. The Morgan fingerprint density at radius 3 is 2.25 bits per heavy atom. The Hall–Kier alpha value is -1.81. The van der Waals surface area contributed by atoms with Gasteiger partial charge in [-0.1, -0.05) is 12.1 Å². The zero-order valence-corrected chi connectivity index (χ0v) is 19.8. The summed E-state index contributed by atoms with van der Waals surface area (Å²) in [6, 6.07) is 7.76. The van der Waals surface area contributed by atoms with Crippen LogP contribution >= 0.6 is 12.4 Å². The molecular formula is C22H36BClN4O4. The van der Waals surface area contributed by atoms with Crippen molar-refractivity contribution in [3.63, 3.8) is 0 Å². The second-order valence-corrected chi connectivity index (χ2v) is 9.19. The molecule has 3 aliphatic rings. The van der Waals surface area contributed by atoms with Crippen LogP contribution in [0.25, 0.3) is 0 Å². The molecule has 0 radical (unpaired) electrons. The van der Waals surface area contributed by atoms with E-state index in [9.17, 15) is 14.8 Å². The molecular weight excluding hydrogens is 431 g/mol. The number of nitrogens with zero attached hydrogens (tertiary/aromatic N) is 1. The lowest BCUT2D eigenvalue weighted by atomic mass is 9.56. The van der Waals surface area contributed by atoms with E-state index in [1.807, 2.05) is 31.4 Å². The van der Waals surface area contributed by atoms with E-state index < -0.39 is 13.1 Å². The molecule has 4 rings (SSSR count). The van der Waals surface area contributed by atoms with E-state index in [0.717, 1.165) is 38.5 Å². The molecule has 2 bridgehead atoms. The quantitative estimate of drug-likeness (QED) is 0.214. The summed E-state index contributed by atoms with van der Waals surface area (Å²) < 4.78 is 5.79. The van der Waals surface area contributed by atoms with Crippen molar-refractivity contribution < 1.29 is 19.6 Å². The van der Waals surface area contributed by atoms with Crippen molar-refractivity contribution in [3.05, 3.63) is 35.4 Å². The van der Waals surface area contributed by atoms with Gasteiger partial charge in [0.2, 0.25) is 0 Å². The van der Waals surface area contributed by atoms with Gasteiger partial charge in [0.1, 0.15) is 0 Å². The third kappa shape index (κ3) is 5.75. The molecule has 1 aromatic rings. The molecule has 0 heterocycles. The number of fused-ring (bicyclic) bond motifs is 3. The molecule has 3 saturated carbocycles. The Labute approximate surface area is 197 Å². The molecule has 1 atom stereocenters. The van der Waals surface area contributed by atoms with Gasteiger partial charge in [0, 0.05) is 26.3 Å². The summed E-state index contributed by atoms with van der Waals surface area (Å²) in [5.74, 6) is -1.16. The molecule has 0 spiro atoms. The van der Waals surface area contributed by atoms with Crippen LogP contribution in [0.1, 0.15) is 67.3 Å². The van der Waals surface area contributed by atoms with Crippen LogP contribution in [0.2, 0.25) is 0 Å². The number of ether oxygens (including phenoxy) is 1. The predicted molar refractivity (Wildman–Crippen MR) is 128 cm³/mol. The van der Waals surface area contributed by atoms with Gasteiger partial charge in [0.25, 0.3) is 5.91 Å². The van der Waals surface area contributed by atoms with Gasteiger partial charge in [-0.25, -0.2) is 0 Å². The number of benzene rings is 1. The first kappa shape index (κ1) is 26.4. The normalized spacial score (nSPS) is 24.9. The average molecular weight is 467 g/mol. The number of nitrogens with two attached hydrogens (primary N) is 1. The van der Waals surface area contributed by atoms with E-state index >= 15 is 0 Å². The van der Waals surface area contributed by atoms with Gasteiger partial charge in [-0.3, -0.25) is 10.2 Å². The fraction of sp³-hybridized carbons (Fsp3) is 0.636. The van der Waals surface area contributed by atoms with Crippen LogP contribution < -0.4 is 11.1 Å². The molecule has 178 valence electrons. The molecule has 6 N–H and O–H groups in total. The lowest BCUT2D eigenvalue weighted by Gasteiger charge is -2.53. The number of hydrogen-bond donors (Lipinski definition) is 5. The van der Waals surface area contributed by atoms with Crippen LogP contribution in [-0.4, -0.2) is 66.2 Å². The zero-order chi connectivity index (χ0) is 22.6. The third-order valence-corrected chi connectivity index (χ3v) is 7.47. The average Bonchev–Trinajstić information content (AvgIpc) is 2.79. The number of rotatable bonds is 9. The molecule has 1 amide bonds. The van der Waals surface area contributed by atoms with Crippen LogP contribution in [0, 0.1) is 5.41 Å². The highest BCUT2D eigenvalue weighted by Gasteiger charge is 2.49. The van der Waals surface area contributed by atoms with Gasteiger partial charge >= 0.3 is 7.12 Å². The molecule has 0 aromatic heterocycles. The maximum absolute atomic E-state index is 12.7. The second-order valence-electron chi connectivity index (χ2n) is 9.19. The summed E-state index contributed by atoms with van der Waals surface area (Å²) in [6.07, 6.45) is 7.51. The van der Waals surface area contributed by atoms with Gasteiger partial charge in [-0.2, -0.15) is 0 Å². The minimum atomic E-state index is -1.66. The molecule has 0 aliphatic heterocycles. The van der Waals surface area contributed by atoms with Crippen molar-refractivity contribution in [2.45, 2.75) is 68.3 Å². The monoisotopic (exact) mass is 466 g/mol. The number of guanidine groups is 1. The van der Waals surface area contributed by atoms with Crippen molar-refractivity contribution in [1.82, 2.24) is 10.2 Å². The summed E-state index contributed by atoms with van der Waals surface area (Å²) >= 11 is 0. The number of carbonyl (C=O) groups excluding carboxylic acids is 1. The Balaban J connectivity index is 0.00000363. The molecule has 0 saturated heterocycles. The topological polar surface area (TPSA) is 132 Å². The SMILES string of the molecule is COC12CCC(c3ccc(C(=O)N[C@@H](CCCN(C)C(=N)N)B(O)O)cc3)(CC1)CC2.Cl. The van der Waals surface area contributed by atoms with Crippen molar-refractivity contribution in [1.29, 1.82) is 5.41 Å². The van der Waals surface area contributed by atoms with Crippen LogP contribution in [-0.2, 0) is 10.2 Å². The number of nitrogens with one attached hydrogen (secondary N) is 2. The summed E-state index contributed by atoms with van der Waals surface area (Å²) in [6.45, 7) is 0.496. The Bertz CT molecular complexity index is 768. The van der Waals surface area contributed by atoms with Gasteiger partial charge in [-0.05, 0) is 74.5 Å². The Morgan fingerprint density at radius 1 is 1.22 bits per heavy atom. The van der Waals surface area contributed by atoms with E-state index in [2.05, 4.69) is 5.32 Å². The van der Waals surface area contributed by atoms with E-state index in [-0.39, 0.29) is 35.3 Å². The van der Waals surface area contributed by atoms with E-state index in [0.29, 0.717) is 24.9 Å². The Kier molecular flexibility index (Phi) is 8.99. The van der Waals surface area contributed by atoms with E-state index in [1.165, 1.54) is 5.56 Å². The molecule has 3 fully saturated rings. The molecule has 32 heavy (non-hydrogen) atoms. The second kappa shape index (κ2) is 10.9. The maximum Gasteiger partial charge on any atom is 0.475 e. The zero-order valence-electron chi connectivity index (χ0n) is 19.0. The van der Waals surface area contributed by atoms with E-state index in [1.54, 1.807) is 11.9 Å². The highest BCUT2D eigenvalue weighted by molar-refractivity contribution is 6.43. The highest BCUT2D eigenvalue weighted by atomic mass is 35.5. The van der Waals surface area contributed by atoms with Crippen molar-refractivity contribution >= 4 is 31.4 Å². The van der Waals surface area contributed by atoms with Crippen molar-refractivity contribution in [3.8, 4) is 0 Å².